The molecule has 2 aliphatic carbocycles. The van der Waals surface area contributed by atoms with Gasteiger partial charge >= 0.3 is 0 Å². The van der Waals surface area contributed by atoms with Crippen molar-refractivity contribution >= 4 is 0 Å². The van der Waals surface area contributed by atoms with E-state index in [1.807, 2.05) is 12.1 Å². The van der Waals surface area contributed by atoms with Crippen LogP contribution in [-0.4, -0.2) is 19.1 Å². The molecular weight excluding hydrogens is 316 g/mol. The Kier molecular flexibility index (Phi) is 7.28. The molecule has 3 N–H and O–H groups in total. The van der Waals surface area contributed by atoms with Crippen molar-refractivity contribution in [1.82, 2.24) is 5.32 Å². The van der Waals surface area contributed by atoms with Gasteiger partial charge in [0.25, 0.3) is 0 Å². The first kappa shape index (κ1) is 19.1. The molecular formula is C24H34N2. The van der Waals surface area contributed by atoms with E-state index < -0.39 is 0 Å². The van der Waals surface area contributed by atoms with Crippen LogP contribution in [0.1, 0.15) is 56.1 Å². The van der Waals surface area contributed by atoms with Gasteiger partial charge in [-0.2, -0.15) is 0 Å². The predicted octanol–water partition coefficient (Wildman–Crippen LogP) is 4.95. The van der Waals surface area contributed by atoms with E-state index in [4.69, 9.17) is 5.73 Å². The lowest BCUT2D eigenvalue weighted by molar-refractivity contribution is 0.358. The van der Waals surface area contributed by atoms with Gasteiger partial charge in [0, 0.05) is 12.0 Å². The van der Waals surface area contributed by atoms with Gasteiger partial charge in [-0.05, 0) is 61.7 Å². The maximum Gasteiger partial charge on any atom is 0.0101 e. The quantitative estimate of drug-likeness (QED) is 0.773. The summed E-state index contributed by atoms with van der Waals surface area (Å²) in [5, 5.41) is 3.58. The van der Waals surface area contributed by atoms with Crippen molar-refractivity contribution in [2.45, 2.75) is 51.0 Å². The first-order valence-corrected chi connectivity index (χ1v) is 10.3. The van der Waals surface area contributed by atoms with Gasteiger partial charge in [0.1, 0.15) is 0 Å². The minimum Gasteiger partial charge on any atom is -0.330 e. The Hall–Kier alpha value is -1.64. The van der Waals surface area contributed by atoms with Crippen LogP contribution in [0.5, 0.6) is 0 Å². The summed E-state index contributed by atoms with van der Waals surface area (Å²) >= 11 is 0. The third-order valence-corrected chi connectivity index (χ3v) is 6.06. The van der Waals surface area contributed by atoms with E-state index in [0.717, 1.165) is 30.8 Å². The smallest absolute Gasteiger partial charge is 0.0101 e. The summed E-state index contributed by atoms with van der Waals surface area (Å²) in [4.78, 5) is 0. The average molecular weight is 351 g/mol. The molecule has 0 spiro atoms. The number of rotatable bonds is 6. The Morgan fingerprint density at radius 1 is 0.923 bits per heavy atom. The summed E-state index contributed by atoms with van der Waals surface area (Å²) in [6.07, 6.45) is 7.01. The van der Waals surface area contributed by atoms with E-state index in [9.17, 15) is 0 Å². The minimum absolute atomic E-state index is 0.424. The summed E-state index contributed by atoms with van der Waals surface area (Å²) in [6, 6.07) is 22.0. The molecule has 0 heterocycles. The van der Waals surface area contributed by atoms with Gasteiger partial charge in [-0.15, -0.1) is 0 Å². The summed E-state index contributed by atoms with van der Waals surface area (Å²) < 4.78 is 0. The highest BCUT2D eigenvalue weighted by Crippen LogP contribution is 2.44. The van der Waals surface area contributed by atoms with Gasteiger partial charge in [-0.1, -0.05) is 74.0 Å². The molecule has 140 valence electrons. The fourth-order valence-electron chi connectivity index (χ4n) is 4.82. The number of benzene rings is 2. The van der Waals surface area contributed by atoms with E-state index in [-0.39, 0.29) is 0 Å². The maximum atomic E-state index is 5.70. The van der Waals surface area contributed by atoms with Gasteiger partial charge in [-0.25, -0.2) is 0 Å². The molecule has 2 aliphatic rings. The molecule has 3 atom stereocenters. The van der Waals surface area contributed by atoms with Crippen molar-refractivity contribution in [1.29, 1.82) is 0 Å². The van der Waals surface area contributed by atoms with E-state index in [1.54, 1.807) is 0 Å². The van der Waals surface area contributed by atoms with E-state index in [2.05, 4.69) is 60.8 Å². The molecule has 0 aliphatic heterocycles. The fourth-order valence-corrected chi connectivity index (χ4v) is 4.82. The summed E-state index contributed by atoms with van der Waals surface area (Å²) in [6.45, 7) is 4.09. The van der Waals surface area contributed by atoms with Crippen LogP contribution >= 0.6 is 0 Å². The standard InChI is InChI=1S/C15H17N.C9H17N/c16-12-11-15(13-7-3-1-4-8-13)14-9-5-2-6-10-14;1-2-10-9-6-7-3-4-8(9)5-7/h1-10,15H,11-12,16H2;7-10H,2-6H2,1H3. The monoisotopic (exact) mass is 350 g/mol. The van der Waals surface area contributed by atoms with E-state index >= 15 is 0 Å². The highest BCUT2D eigenvalue weighted by atomic mass is 14.9. The van der Waals surface area contributed by atoms with Crippen molar-refractivity contribution in [3.63, 3.8) is 0 Å². The number of hydrogen-bond acceptors (Lipinski definition) is 2. The van der Waals surface area contributed by atoms with Crippen molar-refractivity contribution in [2.24, 2.45) is 17.6 Å². The fraction of sp³-hybridized carbons (Fsp3) is 0.500. The van der Waals surface area contributed by atoms with Crippen LogP contribution in [0.15, 0.2) is 60.7 Å². The molecule has 0 radical (unpaired) electrons. The largest absolute Gasteiger partial charge is 0.330 e. The van der Waals surface area contributed by atoms with Crippen molar-refractivity contribution in [3.05, 3.63) is 71.8 Å². The van der Waals surface area contributed by atoms with Crippen molar-refractivity contribution in [2.75, 3.05) is 13.1 Å². The molecule has 2 fully saturated rings. The number of nitrogens with two attached hydrogens (primary N) is 1. The zero-order chi connectivity index (χ0) is 18.2. The van der Waals surface area contributed by atoms with Crippen LogP contribution in [0, 0.1) is 11.8 Å². The second-order valence-corrected chi connectivity index (χ2v) is 7.79. The SMILES string of the molecule is CCNC1CC2CCC1C2.NCCC(c1ccccc1)c1ccccc1. The van der Waals surface area contributed by atoms with Crippen LogP contribution in [0.3, 0.4) is 0 Å². The molecule has 3 unspecified atom stereocenters. The van der Waals surface area contributed by atoms with Crippen molar-refractivity contribution < 1.29 is 0 Å². The second kappa shape index (κ2) is 9.89. The Morgan fingerprint density at radius 3 is 1.96 bits per heavy atom. The van der Waals surface area contributed by atoms with Crippen LogP contribution in [-0.2, 0) is 0 Å². The molecule has 2 saturated carbocycles. The molecule has 2 aromatic carbocycles. The topological polar surface area (TPSA) is 38.0 Å². The Labute approximate surface area is 159 Å². The van der Waals surface area contributed by atoms with Crippen LogP contribution in [0.4, 0.5) is 0 Å². The minimum atomic E-state index is 0.424. The highest BCUT2D eigenvalue weighted by Gasteiger charge is 2.38. The molecule has 2 heteroatoms. The van der Waals surface area contributed by atoms with Gasteiger partial charge < -0.3 is 11.1 Å². The zero-order valence-corrected chi connectivity index (χ0v) is 16.1. The number of hydrogen-bond donors (Lipinski definition) is 2. The molecule has 26 heavy (non-hydrogen) atoms. The van der Waals surface area contributed by atoms with Crippen LogP contribution < -0.4 is 11.1 Å². The third-order valence-electron chi connectivity index (χ3n) is 6.06. The summed E-state index contributed by atoms with van der Waals surface area (Å²) in [7, 11) is 0. The normalized spacial score (nSPS) is 23.7. The first-order chi connectivity index (χ1) is 12.8. The summed E-state index contributed by atoms with van der Waals surface area (Å²) in [5.74, 6) is 2.56. The lowest BCUT2D eigenvalue weighted by atomic mass is 9.89. The zero-order valence-electron chi connectivity index (χ0n) is 16.1. The summed E-state index contributed by atoms with van der Waals surface area (Å²) in [5.41, 5.74) is 8.40. The number of nitrogens with one attached hydrogen (secondary N) is 1. The molecule has 2 aromatic rings. The lowest BCUT2D eigenvalue weighted by Crippen LogP contribution is -2.33. The Balaban J connectivity index is 0.000000167. The molecule has 0 amide bonds. The van der Waals surface area contributed by atoms with E-state index in [0.29, 0.717) is 12.5 Å². The predicted molar refractivity (Wildman–Crippen MR) is 111 cm³/mol. The van der Waals surface area contributed by atoms with Crippen molar-refractivity contribution in [3.8, 4) is 0 Å². The van der Waals surface area contributed by atoms with Gasteiger partial charge in [0.2, 0.25) is 0 Å². The van der Waals surface area contributed by atoms with Crippen LogP contribution in [0.25, 0.3) is 0 Å². The second-order valence-electron chi connectivity index (χ2n) is 7.79. The highest BCUT2D eigenvalue weighted by molar-refractivity contribution is 5.32. The van der Waals surface area contributed by atoms with Gasteiger partial charge in [0.15, 0.2) is 0 Å². The first-order valence-electron chi connectivity index (χ1n) is 10.3. The van der Waals surface area contributed by atoms with Gasteiger partial charge in [-0.3, -0.25) is 0 Å². The number of fused-ring (bicyclic) bond motifs is 2. The molecule has 2 nitrogen and oxygen atoms in total. The maximum absolute atomic E-state index is 5.70. The van der Waals surface area contributed by atoms with Crippen LogP contribution in [0.2, 0.25) is 0 Å². The molecule has 4 rings (SSSR count). The molecule has 2 bridgehead atoms. The van der Waals surface area contributed by atoms with E-state index in [1.165, 1.54) is 36.8 Å². The molecule has 0 aromatic heterocycles. The third kappa shape index (κ3) is 4.96. The van der Waals surface area contributed by atoms with Gasteiger partial charge in [0.05, 0.1) is 0 Å². The average Bonchev–Trinajstić information content (AvgIpc) is 3.32. The Morgan fingerprint density at radius 2 is 1.54 bits per heavy atom. The molecule has 0 saturated heterocycles. The Bertz CT molecular complexity index is 586. The lowest BCUT2D eigenvalue weighted by Gasteiger charge is -2.21.